The highest BCUT2D eigenvalue weighted by Gasteiger charge is 2.20. The van der Waals surface area contributed by atoms with E-state index in [4.69, 9.17) is 0 Å². The first-order valence-electron chi connectivity index (χ1n) is 9.75. The summed E-state index contributed by atoms with van der Waals surface area (Å²) in [5.41, 5.74) is 4.21. The van der Waals surface area contributed by atoms with Crippen LogP contribution in [-0.2, 0) is 13.1 Å². The van der Waals surface area contributed by atoms with Crippen LogP contribution in [0.15, 0.2) is 48.9 Å². The number of amides is 2. The number of pyridine rings is 1. The molecule has 0 radical (unpaired) electrons. The molecule has 1 fully saturated rings. The molecule has 1 aliphatic heterocycles. The average molecular weight is 378 g/mol. The molecule has 0 unspecified atom stereocenters. The molecule has 2 aromatic heterocycles. The quantitative estimate of drug-likeness (QED) is 0.740. The smallest absolute Gasteiger partial charge is 0.317 e. The molecule has 28 heavy (non-hydrogen) atoms. The van der Waals surface area contributed by atoms with Gasteiger partial charge in [-0.25, -0.2) is 14.8 Å². The van der Waals surface area contributed by atoms with Gasteiger partial charge in [-0.05, 0) is 24.6 Å². The fraction of sp³-hybridized carbons (Fsp3) is 0.381. The van der Waals surface area contributed by atoms with E-state index in [0.29, 0.717) is 6.54 Å². The van der Waals surface area contributed by atoms with Crippen molar-refractivity contribution in [3.05, 3.63) is 60.0 Å². The lowest BCUT2D eigenvalue weighted by Gasteiger charge is -2.34. The van der Waals surface area contributed by atoms with Gasteiger partial charge < -0.3 is 14.8 Å². The molecule has 0 atom stereocenters. The molecule has 7 heteroatoms. The lowest BCUT2D eigenvalue weighted by atomic mass is 10.1. The standard InChI is InChI=1S/C21H26N6O/c1-17-4-6-18(7-5-17)15-23-21(28)26-12-9-25(10-13-26)11-14-27-16-24-19-3-2-8-22-20(19)27/h2-8,16H,9-15H2,1H3,(H,23,28). The van der Waals surface area contributed by atoms with Crippen LogP contribution in [0.1, 0.15) is 11.1 Å². The topological polar surface area (TPSA) is 66.3 Å². The zero-order valence-electron chi connectivity index (χ0n) is 16.2. The Hall–Kier alpha value is -2.93. The molecule has 146 valence electrons. The number of hydrogen-bond donors (Lipinski definition) is 1. The number of nitrogens with zero attached hydrogens (tertiary/aromatic N) is 5. The Morgan fingerprint density at radius 3 is 2.61 bits per heavy atom. The van der Waals surface area contributed by atoms with Gasteiger partial charge in [0.05, 0.1) is 6.33 Å². The van der Waals surface area contributed by atoms with Crippen molar-refractivity contribution in [1.82, 2.24) is 29.7 Å². The SMILES string of the molecule is Cc1ccc(CNC(=O)N2CCN(CCn3cnc4cccnc43)CC2)cc1. The van der Waals surface area contributed by atoms with E-state index in [2.05, 4.69) is 55.9 Å². The molecular weight excluding hydrogens is 352 g/mol. The summed E-state index contributed by atoms with van der Waals surface area (Å²) in [7, 11) is 0. The third-order valence-electron chi connectivity index (χ3n) is 5.26. The zero-order valence-corrected chi connectivity index (χ0v) is 16.2. The van der Waals surface area contributed by atoms with Crippen molar-refractivity contribution in [2.24, 2.45) is 0 Å². The Bertz CT molecular complexity index is 927. The third kappa shape index (κ3) is 4.31. The van der Waals surface area contributed by atoms with Crippen molar-refractivity contribution in [1.29, 1.82) is 0 Å². The summed E-state index contributed by atoms with van der Waals surface area (Å²) in [5.74, 6) is 0. The van der Waals surface area contributed by atoms with Gasteiger partial charge in [-0.2, -0.15) is 0 Å². The highest BCUT2D eigenvalue weighted by molar-refractivity contribution is 5.74. The molecule has 2 amide bonds. The Labute approximate surface area is 165 Å². The number of piperazine rings is 1. The molecule has 1 N–H and O–H groups in total. The first-order chi connectivity index (χ1) is 13.7. The number of fused-ring (bicyclic) bond motifs is 1. The van der Waals surface area contributed by atoms with Crippen LogP contribution in [0.5, 0.6) is 0 Å². The Kier molecular flexibility index (Phi) is 5.53. The van der Waals surface area contributed by atoms with E-state index < -0.39 is 0 Å². The van der Waals surface area contributed by atoms with E-state index in [-0.39, 0.29) is 6.03 Å². The average Bonchev–Trinajstić information content (AvgIpc) is 3.15. The summed E-state index contributed by atoms with van der Waals surface area (Å²) in [6, 6.07) is 12.2. The van der Waals surface area contributed by atoms with Gasteiger partial charge in [-0.3, -0.25) is 4.90 Å². The first kappa shape index (κ1) is 18.4. The zero-order chi connectivity index (χ0) is 19.3. The van der Waals surface area contributed by atoms with Crippen LogP contribution in [0.3, 0.4) is 0 Å². The summed E-state index contributed by atoms with van der Waals surface area (Å²) >= 11 is 0. The minimum absolute atomic E-state index is 0.0185. The monoisotopic (exact) mass is 378 g/mol. The molecule has 3 heterocycles. The second-order valence-corrected chi connectivity index (χ2v) is 7.26. The van der Waals surface area contributed by atoms with Crippen LogP contribution < -0.4 is 5.32 Å². The lowest BCUT2D eigenvalue weighted by Crippen LogP contribution is -2.52. The van der Waals surface area contributed by atoms with Gasteiger partial charge >= 0.3 is 6.03 Å². The fourth-order valence-corrected chi connectivity index (χ4v) is 3.48. The molecule has 0 aliphatic carbocycles. The van der Waals surface area contributed by atoms with E-state index in [1.54, 1.807) is 6.20 Å². The van der Waals surface area contributed by atoms with Crippen molar-refractivity contribution in [2.75, 3.05) is 32.7 Å². The maximum atomic E-state index is 12.4. The van der Waals surface area contributed by atoms with Crippen molar-refractivity contribution in [3.8, 4) is 0 Å². The summed E-state index contributed by atoms with van der Waals surface area (Å²) in [4.78, 5) is 25.5. The molecule has 4 rings (SSSR count). The molecule has 1 aromatic carbocycles. The van der Waals surface area contributed by atoms with Gasteiger partial charge in [0, 0.05) is 52.0 Å². The van der Waals surface area contributed by atoms with E-state index in [9.17, 15) is 4.79 Å². The Balaban J connectivity index is 1.22. The van der Waals surface area contributed by atoms with Gasteiger partial charge in [0.25, 0.3) is 0 Å². The first-order valence-corrected chi connectivity index (χ1v) is 9.75. The highest BCUT2D eigenvalue weighted by atomic mass is 16.2. The number of hydrogen-bond acceptors (Lipinski definition) is 4. The maximum Gasteiger partial charge on any atom is 0.317 e. The number of carbonyl (C=O) groups excluding carboxylic acids is 1. The number of aromatic nitrogens is 3. The van der Waals surface area contributed by atoms with Crippen LogP contribution >= 0.6 is 0 Å². The molecule has 3 aromatic rings. The van der Waals surface area contributed by atoms with Crippen LogP contribution in [-0.4, -0.2) is 63.1 Å². The minimum Gasteiger partial charge on any atom is -0.334 e. The van der Waals surface area contributed by atoms with Gasteiger partial charge in [-0.15, -0.1) is 0 Å². The number of aryl methyl sites for hydroxylation is 1. The molecule has 1 aliphatic rings. The van der Waals surface area contributed by atoms with Crippen LogP contribution in [0.2, 0.25) is 0 Å². The van der Waals surface area contributed by atoms with Gasteiger partial charge in [0.2, 0.25) is 0 Å². The number of nitrogens with one attached hydrogen (secondary N) is 1. The van der Waals surface area contributed by atoms with Crippen LogP contribution in [0.25, 0.3) is 11.2 Å². The predicted molar refractivity (Wildman–Crippen MR) is 109 cm³/mol. The van der Waals surface area contributed by atoms with Crippen molar-refractivity contribution in [3.63, 3.8) is 0 Å². The molecule has 0 spiro atoms. The molecular formula is C21H26N6O. The van der Waals surface area contributed by atoms with Gasteiger partial charge in [-0.1, -0.05) is 29.8 Å². The summed E-state index contributed by atoms with van der Waals surface area (Å²) in [5, 5.41) is 3.03. The second kappa shape index (κ2) is 8.39. The maximum absolute atomic E-state index is 12.4. The second-order valence-electron chi connectivity index (χ2n) is 7.26. The largest absolute Gasteiger partial charge is 0.334 e. The molecule has 0 saturated carbocycles. The molecule has 7 nitrogen and oxygen atoms in total. The predicted octanol–water partition coefficient (Wildman–Crippen LogP) is 2.27. The summed E-state index contributed by atoms with van der Waals surface area (Å²) in [6.07, 6.45) is 3.65. The van der Waals surface area contributed by atoms with E-state index >= 15 is 0 Å². The Morgan fingerprint density at radius 2 is 1.82 bits per heavy atom. The fourth-order valence-electron chi connectivity index (χ4n) is 3.48. The number of imidazole rings is 1. The normalized spacial score (nSPS) is 15.1. The van der Waals surface area contributed by atoms with Crippen molar-refractivity contribution < 1.29 is 4.79 Å². The number of carbonyl (C=O) groups is 1. The Morgan fingerprint density at radius 1 is 1.04 bits per heavy atom. The van der Waals surface area contributed by atoms with Crippen molar-refractivity contribution in [2.45, 2.75) is 20.0 Å². The van der Waals surface area contributed by atoms with E-state index in [1.165, 1.54) is 5.56 Å². The highest BCUT2D eigenvalue weighted by Crippen LogP contribution is 2.10. The van der Waals surface area contributed by atoms with E-state index in [1.807, 2.05) is 23.4 Å². The van der Waals surface area contributed by atoms with E-state index in [0.717, 1.165) is 56.0 Å². The summed E-state index contributed by atoms with van der Waals surface area (Å²) < 4.78 is 2.09. The summed E-state index contributed by atoms with van der Waals surface area (Å²) in [6.45, 7) is 7.70. The van der Waals surface area contributed by atoms with Gasteiger partial charge in [0.1, 0.15) is 5.52 Å². The van der Waals surface area contributed by atoms with Gasteiger partial charge in [0.15, 0.2) is 5.65 Å². The number of urea groups is 1. The number of benzene rings is 1. The van der Waals surface area contributed by atoms with Crippen LogP contribution in [0.4, 0.5) is 4.79 Å². The molecule has 0 bridgehead atoms. The van der Waals surface area contributed by atoms with Crippen LogP contribution in [0, 0.1) is 6.92 Å². The lowest BCUT2D eigenvalue weighted by molar-refractivity contribution is 0.136. The minimum atomic E-state index is 0.0185. The third-order valence-corrected chi connectivity index (χ3v) is 5.26. The molecule has 1 saturated heterocycles. The number of rotatable bonds is 5. The van der Waals surface area contributed by atoms with Crippen molar-refractivity contribution >= 4 is 17.2 Å².